The third kappa shape index (κ3) is 1.43. The number of ether oxygens (including phenoxy) is 2. The molecule has 4 nitrogen and oxygen atoms in total. The lowest BCUT2D eigenvalue weighted by atomic mass is 9.90. The Bertz CT molecular complexity index is 229. The molecule has 0 amide bonds. The van der Waals surface area contributed by atoms with Gasteiger partial charge in [0.25, 0.3) is 0 Å². The van der Waals surface area contributed by atoms with E-state index in [2.05, 4.69) is 4.74 Å². The Morgan fingerprint density at radius 2 is 2.25 bits per heavy atom. The molecule has 1 aliphatic rings. The Morgan fingerprint density at radius 1 is 1.67 bits per heavy atom. The van der Waals surface area contributed by atoms with Gasteiger partial charge < -0.3 is 14.6 Å². The number of carbonyl (C=O) groups excluding carboxylic acids is 1. The third-order valence-corrected chi connectivity index (χ3v) is 1.78. The maximum Gasteiger partial charge on any atom is 0.375 e. The van der Waals surface area contributed by atoms with Gasteiger partial charge in [0, 0.05) is 5.41 Å². The lowest BCUT2D eigenvalue weighted by Crippen LogP contribution is -2.37. The second-order valence-electron chi connectivity index (χ2n) is 3.29. The summed E-state index contributed by atoms with van der Waals surface area (Å²) >= 11 is 0. The summed E-state index contributed by atoms with van der Waals surface area (Å²) < 4.78 is 9.39. The number of aliphatic hydroxyl groups excluding tert-OH is 1. The summed E-state index contributed by atoms with van der Waals surface area (Å²) in [5.41, 5.74) is -0.584. The molecule has 0 saturated heterocycles. The number of esters is 1. The average molecular weight is 172 g/mol. The van der Waals surface area contributed by atoms with Crippen LogP contribution < -0.4 is 0 Å². The first-order chi connectivity index (χ1) is 5.47. The van der Waals surface area contributed by atoms with E-state index in [4.69, 9.17) is 4.74 Å². The van der Waals surface area contributed by atoms with Crippen LogP contribution in [0.2, 0.25) is 0 Å². The number of rotatable bonds is 1. The van der Waals surface area contributed by atoms with E-state index in [1.807, 2.05) is 0 Å². The van der Waals surface area contributed by atoms with Gasteiger partial charge in [-0.2, -0.15) is 0 Å². The fourth-order valence-corrected chi connectivity index (χ4v) is 0.922. The van der Waals surface area contributed by atoms with Gasteiger partial charge in [-0.3, -0.25) is 0 Å². The molecule has 12 heavy (non-hydrogen) atoms. The molecule has 0 aromatic heterocycles. The summed E-state index contributed by atoms with van der Waals surface area (Å²) in [5, 5.41) is 9.28. The summed E-state index contributed by atoms with van der Waals surface area (Å²) in [6.45, 7) is 3.51. The van der Waals surface area contributed by atoms with E-state index in [0.29, 0.717) is 0 Å². The minimum atomic E-state index is -1.09. The molecule has 0 spiro atoms. The first kappa shape index (κ1) is 9.06. The molecule has 0 aromatic carbocycles. The van der Waals surface area contributed by atoms with Crippen molar-refractivity contribution in [1.82, 2.24) is 0 Å². The zero-order chi connectivity index (χ0) is 9.35. The van der Waals surface area contributed by atoms with E-state index >= 15 is 0 Å². The van der Waals surface area contributed by atoms with Crippen molar-refractivity contribution in [2.24, 2.45) is 5.41 Å². The molecule has 1 N–H and O–H groups in total. The summed E-state index contributed by atoms with van der Waals surface area (Å²) in [6, 6.07) is 0. The second kappa shape index (κ2) is 2.79. The van der Waals surface area contributed by atoms with Crippen molar-refractivity contribution in [3.63, 3.8) is 0 Å². The van der Waals surface area contributed by atoms with Crippen molar-refractivity contribution in [1.29, 1.82) is 0 Å². The quantitative estimate of drug-likeness (QED) is 0.582. The van der Waals surface area contributed by atoms with Crippen LogP contribution in [0.5, 0.6) is 0 Å². The van der Waals surface area contributed by atoms with Crippen LogP contribution in [0.3, 0.4) is 0 Å². The highest BCUT2D eigenvalue weighted by atomic mass is 16.7. The van der Waals surface area contributed by atoms with Crippen molar-refractivity contribution in [2.75, 3.05) is 7.11 Å². The molecule has 1 rings (SSSR count). The van der Waals surface area contributed by atoms with Gasteiger partial charge in [0.2, 0.25) is 12.0 Å². The number of aliphatic hydroxyl groups is 1. The summed E-state index contributed by atoms with van der Waals surface area (Å²) in [6.07, 6.45) is 0.465. The van der Waals surface area contributed by atoms with Crippen molar-refractivity contribution in [3.05, 3.63) is 11.8 Å². The minimum absolute atomic E-state index is 0.144. The topological polar surface area (TPSA) is 55.8 Å². The van der Waals surface area contributed by atoms with E-state index in [-0.39, 0.29) is 5.76 Å². The lowest BCUT2D eigenvalue weighted by molar-refractivity contribution is -0.187. The normalized spacial score (nSPS) is 27.5. The monoisotopic (exact) mass is 172 g/mol. The van der Waals surface area contributed by atoms with Crippen molar-refractivity contribution in [2.45, 2.75) is 20.1 Å². The first-order valence-corrected chi connectivity index (χ1v) is 3.63. The Morgan fingerprint density at radius 3 is 2.75 bits per heavy atom. The predicted octanol–water partition coefficient (Wildman–Crippen LogP) is 0.418. The Balaban J connectivity index is 2.96. The predicted molar refractivity (Wildman–Crippen MR) is 41.0 cm³/mol. The van der Waals surface area contributed by atoms with Crippen LogP contribution in [0.4, 0.5) is 0 Å². The molecule has 0 aromatic rings. The highest BCUT2D eigenvalue weighted by Crippen LogP contribution is 2.30. The standard InChI is InChI=1S/C8H12O4/c1-8(2)4-5(11-3)6(9)12-7(8)10/h4,7,10H,1-3H3. The fourth-order valence-electron chi connectivity index (χ4n) is 0.922. The molecular weight excluding hydrogens is 160 g/mol. The SMILES string of the molecule is COC1=CC(C)(C)C(O)OC1=O. The molecule has 1 unspecified atom stereocenters. The Labute approximate surface area is 70.8 Å². The number of carbonyl (C=O) groups is 1. The molecule has 4 heteroatoms. The van der Waals surface area contributed by atoms with Crippen LogP contribution in [0.1, 0.15) is 13.8 Å². The van der Waals surface area contributed by atoms with Crippen LogP contribution in [-0.2, 0) is 14.3 Å². The highest BCUT2D eigenvalue weighted by Gasteiger charge is 2.36. The molecule has 0 saturated carbocycles. The second-order valence-corrected chi connectivity index (χ2v) is 3.29. The molecule has 1 atom stereocenters. The number of methoxy groups -OCH3 is 1. The molecule has 0 bridgehead atoms. The molecule has 68 valence electrons. The Hall–Kier alpha value is -1.03. The maximum absolute atomic E-state index is 10.9. The molecule has 0 aliphatic carbocycles. The molecule has 0 radical (unpaired) electrons. The van der Waals surface area contributed by atoms with Gasteiger partial charge in [-0.1, -0.05) is 13.8 Å². The van der Waals surface area contributed by atoms with E-state index in [0.717, 1.165) is 0 Å². The fraction of sp³-hybridized carbons (Fsp3) is 0.625. The average Bonchev–Trinajstić information content (AvgIpc) is 1.97. The van der Waals surface area contributed by atoms with E-state index < -0.39 is 17.7 Å². The first-order valence-electron chi connectivity index (χ1n) is 3.63. The van der Waals surface area contributed by atoms with Crippen LogP contribution in [-0.4, -0.2) is 24.5 Å². The number of cyclic esters (lactones) is 1. The molecule has 1 heterocycles. The van der Waals surface area contributed by atoms with Gasteiger partial charge in [-0.15, -0.1) is 0 Å². The summed E-state index contributed by atoms with van der Waals surface area (Å²) in [7, 11) is 1.39. The smallest absolute Gasteiger partial charge is 0.375 e. The van der Waals surface area contributed by atoms with E-state index in [9.17, 15) is 9.90 Å². The van der Waals surface area contributed by atoms with Crippen LogP contribution in [0.15, 0.2) is 11.8 Å². The molecular formula is C8H12O4. The number of hydrogen-bond acceptors (Lipinski definition) is 4. The van der Waals surface area contributed by atoms with Gasteiger partial charge in [0.15, 0.2) is 0 Å². The van der Waals surface area contributed by atoms with E-state index in [1.165, 1.54) is 7.11 Å². The summed E-state index contributed by atoms with van der Waals surface area (Å²) in [4.78, 5) is 10.9. The minimum Gasteiger partial charge on any atom is -0.490 e. The Kier molecular flexibility index (Phi) is 2.10. The van der Waals surface area contributed by atoms with Gasteiger partial charge in [-0.05, 0) is 6.08 Å². The van der Waals surface area contributed by atoms with Gasteiger partial charge in [-0.25, -0.2) is 4.79 Å². The molecule has 1 aliphatic heterocycles. The molecule has 0 fully saturated rings. The van der Waals surface area contributed by atoms with Gasteiger partial charge in [0.1, 0.15) is 0 Å². The maximum atomic E-state index is 10.9. The van der Waals surface area contributed by atoms with Crippen molar-refractivity contribution < 1.29 is 19.4 Å². The van der Waals surface area contributed by atoms with Crippen LogP contribution in [0.25, 0.3) is 0 Å². The number of hydrogen-bond donors (Lipinski definition) is 1. The highest BCUT2D eigenvalue weighted by molar-refractivity contribution is 5.87. The van der Waals surface area contributed by atoms with Gasteiger partial charge >= 0.3 is 5.97 Å². The van der Waals surface area contributed by atoms with Crippen LogP contribution >= 0.6 is 0 Å². The lowest BCUT2D eigenvalue weighted by Gasteiger charge is -2.31. The van der Waals surface area contributed by atoms with Crippen LogP contribution in [0, 0.1) is 5.41 Å². The summed E-state index contributed by atoms with van der Waals surface area (Å²) in [5.74, 6) is -0.477. The zero-order valence-electron chi connectivity index (χ0n) is 7.33. The third-order valence-electron chi connectivity index (χ3n) is 1.78. The largest absolute Gasteiger partial charge is 0.490 e. The zero-order valence-corrected chi connectivity index (χ0v) is 7.33. The van der Waals surface area contributed by atoms with Crippen molar-refractivity contribution in [3.8, 4) is 0 Å². The van der Waals surface area contributed by atoms with Gasteiger partial charge in [0.05, 0.1) is 7.11 Å². The van der Waals surface area contributed by atoms with Crippen molar-refractivity contribution >= 4 is 5.97 Å². The van der Waals surface area contributed by atoms with E-state index in [1.54, 1.807) is 19.9 Å².